The molecule has 1 aromatic rings. The minimum Gasteiger partial charge on any atom is -0.398 e. The van der Waals surface area contributed by atoms with E-state index >= 15 is 4.39 Å². The molecule has 0 atom stereocenters. The van der Waals surface area contributed by atoms with Crippen molar-refractivity contribution < 1.29 is 27.2 Å². The zero-order valence-corrected chi connectivity index (χ0v) is 14.6. The zero-order chi connectivity index (χ0) is 18.1. The summed E-state index contributed by atoms with van der Waals surface area (Å²) in [5, 5.41) is 0. The van der Waals surface area contributed by atoms with E-state index in [1.54, 1.807) is 27.7 Å². The van der Waals surface area contributed by atoms with Crippen molar-refractivity contribution in [1.82, 2.24) is 0 Å². The van der Waals surface area contributed by atoms with Gasteiger partial charge >= 0.3 is 7.12 Å². The van der Waals surface area contributed by atoms with Gasteiger partial charge in [0, 0.05) is 7.11 Å². The molecule has 0 aliphatic carbocycles. The Labute approximate surface area is 140 Å². The van der Waals surface area contributed by atoms with E-state index in [1.807, 2.05) is 0 Å². The van der Waals surface area contributed by atoms with Crippen molar-refractivity contribution in [1.29, 1.82) is 0 Å². The van der Waals surface area contributed by atoms with Crippen LogP contribution in [0.15, 0.2) is 23.9 Å². The highest BCUT2D eigenvalue weighted by atomic mass is 19.1. The molecule has 0 spiro atoms. The Morgan fingerprint density at radius 3 is 2.04 bits per heavy atom. The van der Waals surface area contributed by atoms with Crippen LogP contribution in [0.1, 0.15) is 39.7 Å². The molecule has 1 fully saturated rings. The first-order valence-electron chi connectivity index (χ1n) is 7.78. The highest BCUT2D eigenvalue weighted by Gasteiger charge is 2.53. The summed E-state index contributed by atoms with van der Waals surface area (Å²) in [6.45, 7) is 7.21. The van der Waals surface area contributed by atoms with Crippen LogP contribution in [0, 0.1) is 11.6 Å². The Balaban J connectivity index is 2.49. The van der Waals surface area contributed by atoms with E-state index in [0.29, 0.717) is 0 Å². The molecule has 0 saturated carbocycles. The van der Waals surface area contributed by atoms with Crippen molar-refractivity contribution in [3.63, 3.8) is 0 Å². The molecule has 7 heteroatoms. The summed E-state index contributed by atoms with van der Waals surface area (Å²) in [7, 11) is 0.114. The highest BCUT2D eigenvalue weighted by Crippen LogP contribution is 2.41. The quantitative estimate of drug-likeness (QED) is 0.746. The second-order valence-corrected chi connectivity index (χ2v) is 6.75. The molecule has 1 aromatic carbocycles. The van der Waals surface area contributed by atoms with E-state index in [9.17, 15) is 8.78 Å². The third-order valence-electron chi connectivity index (χ3n) is 4.57. The van der Waals surface area contributed by atoms with Gasteiger partial charge < -0.3 is 14.0 Å². The molecule has 0 bridgehead atoms. The molecular formula is C17H22BF3O3. The van der Waals surface area contributed by atoms with Crippen LogP contribution in [0.5, 0.6) is 0 Å². The summed E-state index contributed by atoms with van der Waals surface area (Å²) < 4.78 is 59.5. The van der Waals surface area contributed by atoms with Gasteiger partial charge in [0.25, 0.3) is 0 Å². The Hall–Kier alpha value is -1.31. The number of methoxy groups -OCH3 is 1. The minimum atomic E-state index is -1.32. The Morgan fingerprint density at radius 2 is 1.58 bits per heavy atom. The second-order valence-electron chi connectivity index (χ2n) is 6.75. The van der Waals surface area contributed by atoms with E-state index in [2.05, 4.69) is 0 Å². The third-order valence-corrected chi connectivity index (χ3v) is 4.57. The first-order chi connectivity index (χ1) is 11.1. The van der Waals surface area contributed by atoms with Gasteiger partial charge in [0.2, 0.25) is 0 Å². The maximum atomic E-state index is 15.1. The van der Waals surface area contributed by atoms with Crippen LogP contribution in [0.3, 0.4) is 0 Å². The van der Waals surface area contributed by atoms with Crippen molar-refractivity contribution >= 4 is 12.7 Å². The SMILES string of the molecule is COCCC(=C(F)B1OC(C)(C)C(C)(C)O1)c1c(F)cccc1F. The number of rotatable bonds is 5. The molecular weight excluding hydrogens is 320 g/mol. The van der Waals surface area contributed by atoms with Crippen LogP contribution < -0.4 is 0 Å². The van der Waals surface area contributed by atoms with E-state index in [0.717, 1.165) is 12.1 Å². The van der Waals surface area contributed by atoms with Crippen LogP contribution in [0.4, 0.5) is 13.2 Å². The van der Waals surface area contributed by atoms with Gasteiger partial charge in [0.15, 0.2) is 0 Å². The fraction of sp³-hybridized carbons (Fsp3) is 0.529. The van der Waals surface area contributed by atoms with E-state index in [1.165, 1.54) is 13.2 Å². The molecule has 0 amide bonds. The fourth-order valence-corrected chi connectivity index (χ4v) is 2.44. The lowest BCUT2D eigenvalue weighted by atomic mass is 9.81. The lowest BCUT2D eigenvalue weighted by Gasteiger charge is -2.32. The fourth-order valence-electron chi connectivity index (χ4n) is 2.44. The summed E-state index contributed by atoms with van der Waals surface area (Å²) in [6.07, 6.45) is -0.00966. The molecule has 0 aromatic heterocycles. The van der Waals surface area contributed by atoms with Gasteiger partial charge in [0.1, 0.15) is 17.4 Å². The summed E-state index contributed by atoms with van der Waals surface area (Å²) >= 11 is 0. The lowest BCUT2D eigenvalue weighted by molar-refractivity contribution is 0.00578. The van der Waals surface area contributed by atoms with Crippen LogP contribution in [-0.4, -0.2) is 32.0 Å². The van der Waals surface area contributed by atoms with E-state index < -0.39 is 41.2 Å². The average molecular weight is 342 g/mol. The first kappa shape index (κ1) is 19.0. The molecule has 2 rings (SSSR count). The predicted molar refractivity (Wildman–Crippen MR) is 87.0 cm³/mol. The van der Waals surface area contributed by atoms with Gasteiger partial charge in [-0.25, -0.2) is 13.2 Å². The highest BCUT2D eigenvalue weighted by molar-refractivity contribution is 6.55. The molecule has 1 aliphatic heterocycles. The van der Waals surface area contributed by atoms with Crippen LogP contribution in [0.2, 0.25) is 0 Å². The van der Waals surface area contributed by atoms with Gasteiger partial charge in [-0.1, -0.05) is 6.07 Å². The zero-order valence-electron chi connectivity index (χ0n) is 14.6. The Bertz CT molecular complexity index is 608. The predicted octanol–water partition coefficient (Wildman–Crippen LogP) is 4.31. The van der Waals surface area contributed by atoms with Crippen LogP contribution in [0.25, 0.3) is 5.57 Å². The summed E-state index contributed by atoms with van der Waals surface area (Å²) in [5.41, 5.74) is -2.91. The molecule has 132 valence electrons. The number of hydrogen-bond acceptors (Lipinski definition) is 3. The molecule has 24 heavy (non-hydrogen) atoms. The molecule has 1 saturated heterocycles. The number of benzene rings is 1. The number of halogens is 3. The van der Waals surface area contributed by atoms with Crippen molar-refractivity contribution in [2.75, 3.05) is 13.7 Å². The smallest absolute Gasteiger partial charge is 0.398 e. The van der Waals surface area contributed by atoms with Crippen LogP contribution >= 0.6 is 0 Å². The summed E-state index contributed by atoms with van der Waals surface area (Å²) in [6, 6.07) is 3.40. The van der Waals surface area contributed by atoms with Crippen molar-refractivity contribution in [3.8, 4) is 0 Å². The molecule has 0 N–H and O–H groups in total. The Kier molecular flexibility index (Phi) is 5.47. The molecule has 0 radical (unpaired) electrons. The maximum absolute atomic E-state index is 15.1. The third kappa shape index (κ3) is 3.53. The minimum absolute atomic E-state index is 0.00966. The molecule has 1 heterocycles. The summed E-state index contributed by atoms with van der Waals surface area (Å²) in [4.78, 5) is 0. The van der Waals surface area contributed by atoms with Gasteiger partial charge in [-0.2, -0.15) is 0 Å². The average Bonchev–Trinajstić information content (AvgIpc) is 2.70. The van der Waals surface area contributed by atoms with Gasteiger partial charge in [0.05, 0.1) is 23.4 Å². The largest absolute Gasteiger partial charge is 0.525 e. The van der Waals surface area contributed by atoms with Crippen molar-refractivity contribution in [2.24, 2.45) is 0 Å². The maximum Gasteiger partial charge on any atom is 0.525 e. The van der Waals surface area contributed by atoms with E-state index in [4.69, 9.17) is 14.0 Å². The molecule has 0 unspecified atom stereocenters. The number of ether oxygens (including phenoxy) is 1. The summed E-state index contributed by atoms with van der Waals surface area (Å²) in [5.74, 6) is -1.68. The standard InChI is InChI=1S/C17H22BF3O3/c1-16(2)17(3,4)24-18(23-16)15(21)11(9-10-22-5)14-12(19)7-6-8-13(14)20/h6-8H,9-10H2,1-5H3. The Morgan fingerprint density at radius 1 is 1.08 bits per heavy atom. The van der Waals surface area contributed by atoms with Crippen LogP contribution in [-0.2, 0) is 14.0 Å². The van der Waals surface area contributed by atoms with E-state index in [-0.39, 0.29) is 18.6 Å². The second kappa shape index (κ2) is 6.90. The molecule has 1 aliphatic rings. The number of hydrogen-bond donors (Lipinski definition) is 0. The van der Waals surface area contributed by atoms with Gasteiger partial charge in [-0.05, 0) is 51.8 Å². The lowest BCUT2D eigenvalue weighted by Crippen LogP contribution is -2.41. The monoisotopic (exact) mass is 342 g/mol. The van der Waals surface area contributed by atoms with Gasteiger partial charge in [-0.15, -0.1) is 0 Å². The molecule has 3 nitrogen and oxygen atoms in total. The van der Waals surface area contributed by atoms with Gasteiger partial charge in [-0.3, -0.25) is 0 Å². The van der Waals surface area contributed by atoms with Crippen molar-refractivity contribution in [3.05, 3.63) is 41.1 Å². The topological polar surface area (TPSA) is 27.7 Å². The first-order valence-corrected chi connectivity index (χ1v) is 7.78. The van der Waals surface area contributed by atoms with Crippen molar-refractivity contribution in [2.45, 2.75) is 45.3 Å². The normalized spacial score (nSPS) is 20.2.